The Hall–Kier alpha value is -3.99. The molecule has 2 aliphatic heterocycles. The summed E-state index contributed by atoms with van der Waals surface area (Å²) in [5.41, 5.74) is -0.0279. The molecular weight excluding hydrogens is 552 g/mol. The molecule has 1 saturated heterocycles. The Balaban J connectivity index is 1.84. The summed E-state index contributed by atoms with van der Waals surface area (Å²) in [6.07, 6.45) is -5.91. The van der Waals surface area contributed by atoms with Crippen molar-refractivity contribution < 1.29 is 73.8 Å². The number of carbonyl (C=O) groups excluding carboxylic acids is 2. The predicted octanol–water partition coefficient (Wildman–Crippen LogP) is -1.10. The molecule has 1 aromatic rings. The molecule has 3 rings (SSSR count). The molecule has 0 amide bonds. The third kappa shape index (κ3) is 7.81. The van der Waals surface area contributed by atoms with Crippen LogP contribution in [0, 0.1) is 5.92 Å². The Morgan fingerprint density at radius 1 is 1.05 bits per heavy atom. The van der Waals surface area contributed by atoms with Gasteiger partial charge in [-0.3, -0.25) is 4.79 Å². The molecule has 1 fully saturated rings. The molecule has 0 saturated carbocycles. The van der Waals surface area contributed by atoms with Crippen molar-refractivity contribution in [2.24, 2.45) is 5.92 Å². The second-order valence-corrected chi connectivity index (χ2v) is 8.93. The summed E-state index contributed by atoms with van der Waals surface area (Å²) in [5.74, 6) is -5.03. The normalized spacial score (nSPS) is 29.0. The Morgan fingerprint density at radius 3 is 2.41 bits per heavy atom. The van der Waals surface area contributed by atoms with Gasteiger partial charge in [-0.05, 0) is 29.8 Å². The second kappa shape index (κ2) is 14.1. The molecule has 0 spiro atoms. The number of phenolic OH excluding ortho intramolecular Hbond substituents is 2. The Bertz CT molecular complexity index is 1200. The maximum Gasteiger partial charge on any atom is 0.335 e. The molecule has 7 atom stereocenters. The van der Waals surface area contributed by atoms with Gasteiger partial charge in [-0.2, -0.15) is 0 Å². The smallest absolute Gasteiger partial charge is 0.335 e. The van der Waals surface area contributed by atoms with E-state index in [1.54, 1.807) is 0 Å². The van der Waals surface area contributed by atoms with E-state index in [0.29, 0.717) is 5.56 Å². The Morgan fingerprint density at radius 2 is 1.78 bits per heavy atom. The van der Waals surface area contributed by atoms with Gasteiger partial charge >= 0.3 is 17.9 Å². The monoisotopic (exact) mass is 582 g/mol. The highest BCUT2D eigenvalue weighted by atomic mass is 16.8. The first kappa shape index (κ1) is 31.5. The van der Waals surface area contributed by atoms with E-state index < -0.39 is 86.2 Å². The molecule has 0 bridgehead atoms. The van der Waals surface area contributed by atoms with E-state index in [1.807, 2.05) is 0 Å². The first-order valence-electron chi connectivity index (χ1n) is 12.1. The average molecular weight is 583 g/mol. The lowest BCUT2D eigenvalue weighted by Gasteiger charge is -2.41. The van der Waals surface area contributed by atoms with Crippen molar-refractivity contribution in [3.8, 4) is 11.5 Å². The quantitative estimate of drug-likeness (QED) is 0.0750. The summed E-state index contributed by atoms with van der Waals surface area (Å²) in [6, 6.07) is 3.86. The molecule has 0 aliphatic carbocycles. The van der Waals surface area contributed by atoms with E-state index in [2.05, 4.69) is 4.74 Å². The van der Waals surface area contributed by atoms with Gasteiger partial charge in [0.25, 0.3) is 0 Å². The number of aromatic hydroxyl groups is 2. The number of phenols is 2. The van der Waals surface area contributed by atoms with Gasteiger partial charge in [0.1, 0.15) is 31.0 Å². The van der Waals surface area contributed by atoms with Crippen LogP contribution in [0.25, 0.3) is 6.08 Å². The Kier molecular flexibility index (Phi) is 10.8. The molecular formula is C26H30O15. The highest BCUT2D eigenvalue weighted by Gasteiger charge is 2.46. The van der Waals surface area contributed by atoms with E-state index >= 15 is 0 Å². The van der Waals surface area contributed by atoms with E-state index in [1.165, 1.54) is 30.4 Å². The number of benzene rings is 1. The van der Waals surface area contributed by atoms with Crippen molar-refractivity contribution in [3.63, 3.8) is 0 Å². The van der Waals surface area contributed by atoms with Crippen molar-refractivity contribution in [1.82, 2.24) is 0 Å². The van der Waals surface area contributed by atoms with Crippen molar-refractivity contribution in [1.29, 1.82) is 0 Å². The summed E-state index contributed by atoms with van der Waals surface area (Å²) in [7, 11) is 1.10. The highest BCUT2D eigenvalue weighted by molar-refractivity contribution is 5.89. The highest BCUT2D eigenvalue weighted by Crippen LogP contribution is 2.36. The minimum atomic E-state index is -1.82. The lowest BCUT2D eigenvalue weighted by Crippen LogP contribution is -2.60. The van der Waals surface area contributed by atoms with Gasteiger partial charge in [-0.15, -0.1) is 0 Å². The molecule has 0 aromatic heterocycles. The molecule has 41 heavy (non-hydrogen) atoms. The first-order chi connectivity index (χ1) is 19.5. The van der Waals surface area contributed by atoms with Gasteiger partial charge in [0.15, 0.2) is 17.8 Å². The largest absolute Gasteiger partial charge is 0.504 e. The number of ether oxygens (including phenoxy) is 5. The van der Waals surface area contributed by atoms with Gasteiger partial charge in [-0.1, -0.05) is 6.07 Å². The fourth-order valence-electron chi connectivity index (χ4n) is 4.04. The lowest BCUT2D eigenvalue weighted by atomic mass is 9.86. The molecule has 2 heterocycles. The van der Waals surface area contributed by atoms with E-state index in [-0.39, 0.29) is 16.9 Å². The van der Waals surface area contributed by atoms with E-state index in [9.17, 15) is 50.1 Å². The molecule has 7 N–H and O–H groups in total. The SMILES string of the molecule is COC(=O)C[C@@H]1C(C(=O)O)=CO[C@@H](O[C@@H]2O[C@H](CO)[C@@H](O)[C@H](O)[C@H]2O)/C1=C/COC(=O)/C=C/c1ccc(O)c(O)c1. The van der Waals surface area contributed by atoms with Gasteiger partial charge in [0, 0.05) is 17.6 Å². The van der Waals surface area contributed by atoms with Crippen LogP contribution in [0.5, 0.6) is 11.5 Å². The predicted molar refractivity (Wildman–Crippen MR) is 133 cm³/mol. The second-order valence-electron chi connectivity index (χ2n) is 8.93. The van der Waals surface area contributed by atoms with Crippen molar-refractivity contribution in [3.05, 3.63) is 53.3 Å². The number of aliphatic carboxylic acids is 1. The van der Waals surface area contributed by atoms with Gasteiger partial charge in [-0.25, -0.2) is 9.59 Å². The molecule has 0 radical (unpaired) electrons. The molecule has 15 nitrogen and oxygen atoms in total. The first-order valence-corrected chi connectivity index (χ1v) is 12.1. The summed E-state index contributed by atoms with van der Waals surface area (Å²) >= 11 is 0. The molecule has 1 aromatic carbocycles. The van der Waals surface area contributed by atoms with Crippen LogP contribution in [-0.2, 0) is 38.1 Å². The maximum absolute atomic E-state index is 12.2. The van der Waals surface area contributed by atoms with Crippen molar-refractivity contribution >= 4 is 24.0 Å². The number of methoxy groups -OCH3 is 1. The number of hydrogen-bond acceptors (Lipinski definition) is 14. The lowest BCUT2D eigenvalue weighted by molar-refractivity contribution is -0.327. The zero-order valence-electron chi connectivity index (χ0n) is 21.6. The van der Waals surface area contributed by atoms with E-state index in [0.717, 1.165) is 19.4 Å². The third-order valence-electron chi connectivity index (χ3n) is 6.28. The summed E-state index contributed by atoms with van der Waals surface area (Å²) in [5, 5.41) is 68.5. The number of rotatable bonds is 10. The number of esters is 2. The Labute approximate surface area is 232 Å². The van der Waals surface area contributed by atoms with Crippen LogP contribution in [-0.4, -0.2) is 111 Å². The fourth-order valence-corrected chi connectivity index (χ4v) is 4.04. The minimum absolute atomic E-state index is 0.0347. The van der Waals surface area contributed by atoms with Crippen LogP contribution >= 0.6 is 0 Å². The number of carboxylic acid groups (broad SMARTS) is 1. The van der Waals surface area contributed by atoms with Gasteiger partial charge in [0.05, 0.1) is 32.0 Å². The standard InChI is InChI=1S/C26H30O15/c1-37-20(31)9-14-13(6-7-38-19(30)5-3-12-2-4-16(28)17(29)8-12)25(39-11-15(14)24(35)36)41-26-23(34)22(33)21(32)18(10-27)40-26/h2-6,8,11,14,18,21-23,25-29,32-34H,7,9-10H2,1H3,(H,35,36)/b5-3+,13-6+/t14-,18+,21+,22-,23+,25-,26-/m0/s1. The summed E-state index contributed by atoms with van der Waals surface area (Å²) < 4.78 is 26.2. The average Bonchev–Trinajstić information content (AvgIpc) is 2.94. The zero-order valence-corrected chi connectivity index (χ0v) is 21.6. The number of hydrogen-bond donors (Lipinski definition) is 7. The fraction of sp³-hybridized carbons (Fsp3) is 0.423. The number of aliphatic hydroxyl groups is 4. The van der Waals surface area contributed by atoms with Crippen LogP contribution in [0.1, 0.15) is 12.0 Å². The van der Waals surface area contributed by atoms with Crippen LogP contribution in [0.2, 0.25) is 0 Å². The van der Waals surface area contributed by atoms with Crippen LogP contribution in [0.4, 0.5) is 0 Å². The number of carbonyl (C=O) groups is 3. The molecule has 0 unspecified atom stereocenters. The number of carboxylic acids is 1. The molecule has 2 aliphatic rings. The number of aliphatic hydroxyl groups excluding tert-OH is 4. The van der Waals surface area contributed by atoms with Crippen LogP contribution in [0.15, 0.2) is 47.8 Å². The van der Waals surface area contributed by atoms with Crippen LogP contribution < -0.4 is 0 Å². The van der Waals surface area contributed by atoms with Crippen molar-refractivity contribution in [2.45, 2.75) is 43.4 Å². The van der Waals surface area contributed by atoms with Crippen molar-refractivity contribution in [2.75, 3.05) is 20.3 Å². The zero-order chi connectivity index (χ0) is 30.3. The van der Waals surface area contributed by atoms with Gasteiger partial charge < -0.3 is 59.4 Å². The summed E-state index contributed by atoms with van der Waals surface area (Å²) in [4.78, 5) is 36.2. The van der Waals surface area contributed by atoms with E-state index in [4.69, 9.17) is 18.9 Å². The maximum atomic E-state index is 12.2. The summed E-state index contributed by atoms with van der Waals surface area (Å²) in [6.45, 7) is -1.21. The molecule has 15 heteroatoms. The molecule has 224 valence electrons. The minimum Gasteiger partial charge on any atom is -0.504 e. The van der Waals surface area contributed by atoms with Crippen LogP contribution in [0.3, 0.4) is 0 Å². The topological polar surface area (TPSA) is 239 Å². The van der Waals surface area contributed by atoms with Gasteiger partial charge in [0.2, 0.25) is 6.29 Å². The third-order valence-corrected chi connectivity index (χ3v) is 6.28.